The normalized spacial score (nSPS) is 18.1. The zero-order valence-electron chi connectivity index (χ0n) is 16.6. The molecular formula is C23H22N4O2. The molecule has 0 radical (unpaired) electrons. The van der Waals surface area contributed by atoms with Crippen molar-refractivity contribution in [1.29, 1.82) is 5.26 Å². The van der Waals surface area contributed by atoms with E-state index in [1.807, 2.05) is 45.0 Å². The highest BCUT2D eigenvalue weighted by atomic mass is 16.4. The molecule has 6 heteroatoms. The Labute approximate surface area is 169 Å². The molecule has 1 aliphatic heterocycles. The molecule has 1 fully saturated rings. The van der Waals surface area contributed by atoms with Gasteiger partial charge in [0.15, 0.2) is 0 Å². The molecule has 146 valence electrons. The van der Waals surface area contributed by atoms with Crippen molar-refractivity contribution >= 4 is 5.97 Å². The maximum Gasteiger partial charge on any atom is 0.335 e. The smallest absolute Gasteiger partial charge is 0.335 e. The molecule has 0 amide bonds. The highest BCUT2D eigenvalue weighted by Gasteiger charge is 2.35. The molecule has 0 saturated carbocycles. The molecule has 1 aromatic heterocycles. The van der Waals surface area contributed by atoms with Crippen LogP contribution in [0.4, 0.5) is 0 Å². The van der Waals surface area contributed by atoms with Crippen LogP contribution in [0, 0.1) is 32.1 Å². The molecule has 6 nitrogen and oxygen atoms in total. The average molecular weight is 386 g/mol. The number of nitriles is 1. The van der Waals surface area contributed by atoms with Crippen molar-refractivity contribution in [3.8, 4) is 17.3 Å². The lowest BCUT2D eigenvalue weighted by atomic mass is 9.78. The Bertz CT molecular complexity index is 1140. The van der Waals surface area contributed by atoms with Gasteiger partial charge in [-0.05, 0) is 61.7 Å². The van der Waals surface area contributed by atoms with E-state index < -0.39 is 5.97 Å². The molecule has 2 atom stereocenters. The lowest BCUT2D eigenvalue weighted by Crippen LogP contribution is -2.44. The SMILES string of the molecule is Cc1nc(-c2cc(C(=O)O)cc(C3NCC3c3ccc(C#N)cc3)c2C)c(C)[nH]1. The number of rotatable bonds is 4. The molecule has 2 aromatic carbocycles. The van der Waals surface area contributed by atoms with Crippen LogP contribution in [-0.4, -0.2) is 27.6 Å². The number of nitrogens with zero attached hydrogens (tertiary/aromatic N) is 2. The van der Waals surface area contributed by atoms with Crippen molar-refractivity contribution in [2.45, 2.75) is 32.7 Å². The van der Waals surface area contributed by atoms with E-state index in [1.165, 1.54) is 0 Å². The monoisotopic (exact) mass is 386 g/mol. The first-order valence-electron chi connectivity index (χ1n) is 9.54. The molecule has 3 aromatic rings. The minimum absolute atomic E-state index is 0.0151. The lowest BCUT2D eigenvalue weighted by Gasteiger charge is -2.40. The topological polar surface area (TPSA) is 102 Å². The first kappa shape index (κ1) is 18.9. The number of H-pyrrole nitrogens is 1. The predicted octanol–water partition coefficient (Wildman–Crippen LogP) is 4.00. The van der Waals surface area contributed by atoms with E-state index in [2.05, 4.69) is 21.4 Å². The van der Waals surface area contributed by atoms with Crippen molar-refractivity contribution in [2.75, 3.05) is 6.54 Å². The summed E-state index contributed by atoms with van der Waals surface area (Å²) in [5.41, 5.74) is 6.58. The van der Waals surface area contributed by atoms with Crippen LogP contribution in [0.3, 0.4) is 0 Å². The van der Waals surface area contributed by atoms with Gasteiger partial charge in [-0.1, -0.05) is 12.1 Å². The van der Waals surface area contributed by atoms with Gasteiger partial charge >= 0.3 is 5.97 Å². The van der Waals surface area contributed by atoms with Gasteiger partial charge in [0.05, 0.1) is 22.9 Å². The first-order valence-corrected chi connectivity index (χ1v) is 9.54. The molecule has 0 bridgehead atoms. The minimum atomic E-state index is -0.952. The Balaban J connectivity index is 1.79. The van der Waals surface area contributed by atoms with E-state index in [4.69, 9.17) is 5.26 Å². The Kier molecular flexibility index (Phi) is 4.69. The van der Waals surface area contributed by atoms with E-state index >= 15 is 0 Å². The zero-order valence-corrected chi connectivity index (χ0v) is 16.6. The number of imidazole rings is 1. The van der Waals surface area contributed by atoms with Gasteiger partial charge in [-0.15, -0.1) is 0 Å². The maximum absolute atomic E-state index is 11.8. The molecule has 1 aliphatic rings. The number of benzene rings is 2. The molecule has 2 unspecified atom stereocenters. The summed E-state index contributed by atoms with van der Waals surface area (Å²) in [6, 6.07) is 13.2. The number of carboxylic acids is 1. The summed E-state index contributed by atoms with van der Waals surface area (Å²) >= 11 is 0. The number of aromatic amines is 1. The highest BCUT2D eigenvalue weighted by molar-refractivity contribution is 5.90. The van der Waals surface area contributed by atoms with Crippen LogP contribution in [0.25, 0.3) is 11.3 Å². The van der Waals surface area contributed by atoms with Crippen LogP contribution >= 0.6 is 0 Å². The summed E-state index contributed by atoms with van der Waals surface area (Å²) in [7, 11) is 0. The van der Waals surface area contributed by atoms with E-state index in [0.717, 1.165) is 46.0 Å². The number of carboxylic acid groups (broad SMARTS) is 1. The van der Waals surface area contributed by atoms with Crippen LogP contribution in [0.1, 0.15) is 56.1 Å². The van der Waals surface area contributed by atoms with Gasteiger partial charge in [0, 0.05) is 29.8 Å². The molecule has 29 heavy (non-hydrogen) atoms. The standard InChI is InChI=1S/C23H22N4O2/c1-12-18(21-13(2)26-14(3)27-21)8-17(23(28)29)9-19(12)22-20(11-25-22)16-6-4-15(10-24)5-7-16/h4-9,20,22,25H,11H2,1-3H3,(H,26,27)(H,28,29). The zero-order chi connectivity index (χ0) is 20.7. The van der Waals surface area contributed by atoms with E-state index in [1.54, 1.807) is 12.1 Å². The van der Waals surface area contributed by atoms with Crippen LogP contribution in [0.5, 0.6) is 0 Å². The van der Waals surface area contributed by atoms with Gasteiger partial charge in [0.2, 0.25) is 0 Å². The number of aromatic nitrogens is 2. The number of carbonyl (C=O) groups is 1. The molecular weight excluding hydrogens is 364 g/mol. The van der Waals surface area contributed by atoms with Crippen LogP contribution in [0.2, 0.25) is 0 Å². The Morgan fingerprint density at radius 3 is 2.45 bits per heavy atom. The molecule has 0 aliphatic carbocycles. The highest BCUT2D eigenvalue weighted by Crippen LogP contribution is 2.41. The first-order chi connectivity index (χ1) is 13.9. The maximum atomic E-state index is 11.8. The van der Waals surface area contributed by atoms with Crippen molar-refractivity contribution in [2.24, 2.45) is 0 Å². The second-order valence-electron chi connectivity index (χ2n) is 7.57. The summed E-state index contributed by atoms with van der Waals surface area (Å²) in [6.07, 6.45) is 0. The Hall–Kier alpha value is -3.43. The van der Waals surface area contributed by atoms with E-state index in [-0.39, 0.29) is 17.5 Å². The van der Waals surface area contributed by atoms with Gasteiger partial charge in [-0.25, -0.2) is 9.78 Å². The third-order valence-electron chi connectivity index (χ3n) is 5.72. The molecule has 1 saturated heterocycles. The molecule has 0 spiro atoms. The second-order valence-corrected chi connectivity index (χ2v) is 7.57. The predicted molar refractivity (Wildman–Crippen MR) is 110 cm³/mol. The van der Waals surface area contributed by atoms with Gasteiger partial charge < -0.3 is 15.4 Å². The number of hydrogen-bond acceptors (Lipinski definition) is 4. The van der Waals surface area contributed by atoms with Crippen LogP contribution < -0.4 is 5.32 Å². The van der Waals surface area contributed by atoms with Gasteiger partial charge in [0.1, 0.15) is 5.82 Å². The fourth-order valence-electron chi connectivity index (χ4n) is 4.10. The number of hydrogen-bond donors (Lipinski definition) is 3. The van der Waals surface area contributed by atoms with Crippen molar-refractivity contribution in [1.82, 2.24) is 15.3 Å². The van der Waals surface area contributed by atoms with Gasteiger partial charge in [-0.2, -0.15) is 5.26 Å². The molecule has 3 N–H and O–H groups in total. The lowest BCUT2D eigenvalue weighted by molar-refractivity contribution is 0.0696. The van der Waals surface area contributed by atoms with Gasteiger partial charge in [-0.3, -0.25) is 0 Å². The third-order valence-corrected chi connectivity index (χ3v) is 5.72. The Morgan fingerprint density at radius 1 is 1.21 bits per heavy atom. The van der Waals surface area contributed by atoms with E-state index in [0.29, 0.717) is 5.56 Å². The fourth-order valence-corrected chi connectivity index (χ4v) is 4.10. The number of aromatic carboxylic acids is 1. The van der Waals surface area contributed by atoms with Crippen molar-refractivity contribution in [3.63, 3.8) is 0 Å². The Morgan fingerprint density at radius 2 is 1.93 bits per heavy atom. The summed E-state index contributed by atoms with van der Waals surface area (Å²) in [4.78, 5) is 19.6. The summed E-state index contributed by atoms with van der Waals surface area (Å²) in [5, 5.41) is 22.2. The largest absolute Gasteiger partial charge is 0.478 e. The second kappa shape index (κ2) is 7.19. The molecule has 2 heterocycles. The van der Waals surface area contributed by atoms with Crippen LogP contribution in [-0.2, 0) is 0 Å². The average Bonchev–Trinajstić information content (AvgIpc) is 3.00. The number of aryl methyl sites for hydroxylation is 2. The summed E-state index contributed by atoms with van der Waals surface area (Å²) in [6.45, 7) is 6.67. The van der Waals surface area contributed by atoms with Crippen LogP contribution in [0.15, 0.2) is 36.4 Å². The third kappa shape index (κ3) is 3.30. The van der Waals surface area contributed by atoms with Crippen molar-refractivity contribution in [3.05, 3.63) is 75.7 Å². The van der Waals surface area contributed by atoms with Gasteiger partial charge in [0.25, 0.3) is 0 Å². The van der Waals surface area contributed by atoms with E-state index in [9.17, 15) is 9.90 Å². The summed E-state index contributed by atoms with van der Waals surface area (Å²) < 4.78 is 0. The minimum Gasteiger partial charge on any atom is -0.478 e. The quantitative estimate of drug-likeness (QED) is 0.629. The number of nitrogens with one attached hydrogen (secondary N) is 2. The van der Waals surface area contributed by atoms with Crippen molar-refractivity contribution < 1.29 is 9.90 Å². The summed E-state index contributed by atoms with van der Waals surface area (Å²) in [5.74, 6) is 0.0726. The fraction of sp³-hybridized carbons (Fsp3) is 0.261. The molecule has 4 rings (SSSR count).